The van der Waals surface area contributed by atoms with E-state index in [0.717, 1.165) is 22.6 Å². The maximum atomic E-state index is 13.0. The minimum atomic E-state index is -0.324. The molecule has 2 aromatic carbocycles. The molecule has 4 rings (SSSR count). The number of nitrogens with zero attached hydrogens (tertiary/aromatic N) is 5. The van der Waals surface area contributed by atoms with Gasteiger partial charge in [-0.2, -0.15) is 0 Å². The molecule has 0 aliphatic rings. The first kappa shape index (κ1) is 25.3. The van der Waals surface area contributed by atoms with Gasteiger partial charge >= 0.3 is 0 Å². The van der Waals surface area contributed by atoms with Crippen LogP contribution in [0, 0.1) is 20.8 Å². The van der Waals surface area contributed by atoms with E-state index in [0.29, 0.717) is 16.7 Å². The van der Waals surface area contributed by atoms with Gasteiger partial charge in [0.15, 0.2) is 17.1 Å². The Labute approximate surface area is 214 Å². The molecule has 4 aromatic rings. The number of hydrogen-bond donors (Lipinski definition) is 1. The number of ether oxygens (including phenoxy) is 1. The Morgan fingerprint density at radius 2 is 1.72 bits per heavy atom. The van der Waals surface area contributed by atoms with Crippen molar-refractivity contribution in [3.05, 3.63) is 81.5 Å². The van der Waals surface area contributed by atoms with Crippen molar-refractivity contribution < 1.29 is 9.53 Å². The summed E-state index contributed by atoms with van der Waals surface area (Å²) >= 11 is 1.25. The molecular weight excluding hydrogens is 476 g/mol. The first-order valence-corrected chi connectivity index (χ1v) is 12.5. The van der Waals surface area contributed by atoms with Crippen molar-refractivity contribution in [2.45, 2.75) is 39.0 Å². The number of aromatic nitrogens is 5. The van der Waals surface area contributed by atoms with Crippen LogP contribution in [0.15, 0.2) is 58.5 Å². The number of hydrogen-bond acceptors (Lipinski definition) is 6. The summed E-state index contributed by atoms with van der Waals surface area (Å²) in [6.07, 6.45) is -0.324. The Morgan fingerprint density at radius 1 is 1.06 bits per heavy atom. The summed E-state index contributed by atoms with van der Waals surface area (Å²) < 4.78 is 11.2. The molecule has 188 valence electrons. The van der Waals surface area contributed by atoms with E-state index in [2.05, 4.69) is 21.6 Å². The third-order valence-electron chi connectivity index (χ3n) is 5.89. The topological polar surface area (TPSA) is 96.0 Å². The summed E-state index contributed by atoms with van der Waals surface area (Å²) in [5, 5.41) is 11.9. The number of benzene rings is 2. The number of nitrogens with one attached hydrogen (secondary N) is 1. The van der Waals surface area contributed by atoms with Gasteiger partial charge < -0.3 is 14.6 Å². The molecule has 2 aromatic heterocycles. The van der Waals surface area contributed by atoms with Gasteiger partial charge in [-0.25, -0.2) is 4.68 Å². The number of anilines is 1. The summed E-state index contributed by atoms with van der Waals surface area (Å²) in [4.78, 5) is 25.8. The largest absolute Gasteiger partial charge is 0.483 e. The molecule has 0 fully saturated rings. The SMILES string of the molecule is Cc1cc(C)cc(OC(C)c2nnc(SCC(=O)Nc3c(C)n(C)n(-c4ccccc4)c3=O)n2C)c1. The molecule has 0 radical (unpaired) electrons. The van der Waals surface area contributed by atoms with Gasteiger partial charge in [-0.05, 0) is 63.1 Å². The summed E-state index contributed by atoms with van der Waals surface area (Å²) in [7, 11) is 3.63. The van der Waals surface area contributed by atoms with Crippen molar-refractivity contribution in [2.75, 3.05) is 11.1 Å². The van der Waals surface area contributed by atoms with E-state index in [1.165, 1.54) is 16.4 Å². The lowest BCUT2D eigenvalue weighted by Crippen LogP contribution is -2.23. The molecule has 0 saturated heterocycles. The van der Waals surface area contributed by atoms with E-state index >= 15 is 0 Å². The lowest BCUT2D eigenvalue weighted by Gasteiger charge is -2.15. The molecule has 0 aliphatic heterocycles. The molecule has 0 spiro atoms. The van der Waals surface area contributed by atoms with Crippen LogP contribution in [0.25, 0.3) is 5.69 Å². The average molecular weight is 507 g/mol. The van der Waals surface area contributed by atoms with E-state index in [4.69, 9.17) is 4.74 Å². The lowest BCUT2D eigenvalue weighted by molar-refractivity contribution is -0.113. The lowest BCUT2D eigenvalue weighted by atomic mass is 10.1. The number of para-hydroxylation sites is 1. The molecule has 2 heterocycles. The highest BCUT2D eigenvalue weighted by atomic mass is 32.2. The van der Waals surface area contributed by atoms with Crippen LogP contribution in [0.1, 0.15) is 35.7 Å². The number of amides is 1. The number of rotatable bonds is 8. The van der Waals surface area contributed by atoms with Gasteiger partial charge in [0.05, 0.1) is 17.1 Å². The average Bonchev–Trinajstić information content (AvgIpc) is 3.29. The van der Waals surface area contributed by atoms with E-state index in [9.17, 15) is 9.59 Å². The molecule has 9 nitrogen and oxygen atoms in total. The van der Waals surface area contributed by atoms with Gasteiger partial charge in [0, 0.05) is 14.1 Å². The fourth-order valence-corrected chi connectivity index (χ4v) is 4.80. The van der Waals surface area contributed by atoms with Crippen molar-refractivity contribution in [1.82, 2.24) is 24.1 Å². The van der Waals surface area contributed by atoms with Crippen LogP contribution in [0.5, 0.6) is 5.75 Å². The molecule has 0 saturated carbocycles. The van der Waals surface area contributed by atoms with Gasteiger partial charge in [0.25, 0.3) is 5.56 Å². The normalized spacial score (nSPS) is 11.9. The predicted molar refractivity (Wildman–Crippen MR) is 141 cm³/mol. The van der Waals surface area contributed by atoms with Crippen LogP contribution in [0.2, 0.25) is 0 Å². The van der Waals surface area contributed by atoms with E-state index in [1.54, 1.807) is 18.7 Å². The summed E-state index contributed by atoms with van der Waals surface area (Å²) in [5.74, 6) is 1.21. The molecule has 1 N–H and O–H groups in total. The Kier molecular flexibility index (Phi) is 7.35. The first-order chi connectivity index (χ1) is 17.2. The van der Waals surface area contributed by atoms with Gasteiger partial charge in [-0.1, -0.05) is 36.0 Å². The highest BCUT2D eigenvalue weighted by molar-refractivity contribution is 7.99. The highest BCUT2D eigenvalue weighted by Crippen LogP contribution is 2.25. The standard InChI is InChI=1S/C26H30N6O3S/c1-16-12-17(2)14-21(13-16)35-19(4)24-28-29-26(30(24)5)36-15-22(33)27-23-18(3)31(6)32(25(23)34)20-10-8-7-9-11-20/h7-14,19H,15H2,1-6H3,(H,27,33). The van der Waals surface area contributed by atoms with Crippen molar-refractivity contribution in [2.24, 2.45) is 14.1 Å². The molecule has 1 unspecified atom stereocenters. The molecule has 10 heteroatoms. The monoisotopic (exact) mass is 506 g/mol. The van der Waals surface area contributed by atoms with Gasteiger partial charge in [0.1, 0.15) is 11.4 Å². The number of aryl methyl sites for hydroxylation is 2. The minimum absolute atomic E-state index is 0.0808. The van der Waals surface area contributed by atoms with Crippen LogP contribution in [-0.4, -0.2) is 35.8 Å². The van der Waals surface area contributed by atoms with Crippen LogP contribution >= 0.6 is 11.8 Å². The second kappa shape index (κ2) is 10.4. The van der Waals surface area contributed by atoms with Crippen molar-refractivity contribution >= 4 is 23.4 Å². The molecule has 0 aliphatic carbocycles. The Bertz CT molecular complexity index is 1430. The maximum absolute atomic E-state index is 13.0. The molecule has 0 bridgehead atoms. The highest BCUT2D eigenvalue weighted by Gasteiger charge is 2.21. The Morgan fingerprint density at radius 3 is 2.39 bits per heavy atom. The Balaban J connectivity index is 1.42. The summed E-state index contributed by atoms with van der Waals surface area (Å²) in [5.41, 5.74) is 3.63. The number of carbonyl (C=O) groups excluding carboxylic acids is 1. The zero-order valence-corrected chi connectivity index (χ0v) is 22.1. The van der Waals surface area contributed by atoms with Crippen LogP contribution in [-0.2, 0) is 18.9 Å². The van der Waals surface area contributed by atoms with Crippen LogP contribution in [0.4, 0.5) is 5.69 Å². The molecule has 36 heavy (non-hydrogen) atoms. The molecule has 1 amide bonds. The smallest absolute Gasteiger partial charge is 0.295 e. The summed E-state index contributed by atoms with van der Waals surface area (Å²) in [6.45, 7) is 7.77. The number of thioether (sulfide) groups is 1. The molecular formula is C26H30N6O3S. The third-order valence-corrected chi connectivity index (χ3v) is 6.91. The van der Waals surface area contributed by atoms with Crippen molar-refractivity contribution in [3.63, 3.8) is 0 Å². The van der Waals surface area contributed by atoms with Crippen molar-refractivity contribution in [3.8, 4) is 11.4 Å². The summed E-state index contributed by atoms with van der Waals surface area (Å²) in [6, 6.07) is 15.4. The van der Waals surface area contributed by atoms with Gasteiger partial charge in [-0.3, -0.25) is 14.3 Å². The predicted octanol–water partition coefficient (Wildman–Crippen LogP) is 4.10. The van der Waals surface area contributed by atoms with Crippen LogP contribution < -0.4 is 15.6 Å². The number of carbonyl (C=O) groups is 1. The fourth-order valence-electron chi connectivity index (χ4n) is 4.08. The zero-order chi connectivity index (χ0) is 26.0. The molecule has 1 atom stereocenters. The third kappa shape index (κ3) is 5.23. The van der Waals surface area contributed by atoms with E-state index in [1.807, 2.05) is 74.9 Å². The van der Waals surface area contributed by atoms with E-state index in [-0.39, 0.29) is 29.0 Å². The van der Waals surface area contributed by atoms with Gasteiger partial charge in [0.2, 0.25) is 5.91 Å². The first-order valence-electron chi connectivity index (χ1n) is 11.6. The minimum Gasteiger partial charge on any atom is -0.483 e. The van der Waals surface area contributed by atoms with Crippen molar-refractivity contribution in [1.29, 1.82) is 0 Å². The Hall–Kier alpha value is -3.79. The van der Waals surface area contributed by atoms with Crippen LogP contribution in [0.3, 0.4) is 0 Å². The van der Waals surface area contributed by atoms with Gasteiger partial charge in [-0.15, -0.1) is 10.2 Å². The maximum Gasteiger partial charge on any atom is 0.295 e. The zero-order valence-electron chi connectivity index (χ0n) is 21.3. The second-order valence-electron chi connectivity index (χ2n) is 8.76. The second-order valence-corrected chi connectivity index (χ2v) is 9.70. The fraction of sp³-hybridized carbons (Fsp3) is 0.308. The quantitative estimate of drug-likeness (QED) is 0.362. The van der Waals surface area contributed by atoms with E-state index < -0.39 is 0 Å².